The minimum atomic E-state index is -0.335. The smallest absolute Gasteiger partial charge is 0.225 e. The van der Waals surface area contributed by atoms with E-state index in [2.05, 4.69) is 29.4 Å². The molecule has 0 radical (unpaired) electrons. The first-order chi connectivity index (χ1) is 8.39. The van der Waals surface area contributed by atoms with Gasteiger partial charge in [-0.3, -0.25) is 4.79 Å². The lowest BCUT2D eigenvalue weighted by atomic mass is 9.92. The molecular formula is C15H22N2O. The van der Waals surface area contributed by atoms with Gasteiger partial charge in [0.15, 0.2) is 0 Å². The van der Waals surface area contributed by atoms with Crippen molar-refractivity contribution in [1.82, 2.24) is 5.32 Å². The number of amides is 1. The predicted molar refractivity (Wildman–Crippen MR) is 74.7 cm³/mol. The third kappa shape index (κ3) is 2.50. The van der Waals surface area contributed by atoms with Gasteiger partial charge in [0.1, 0.15) is 0 Å². The molecule has 0 saturated carbocycles. The van der Waals surface area contributed by atoms with E-state index in [0.29, 0.717) is 0 Å². The Hall–Kier alpha value is -1.51. The third-order valence-electron chi connectivity index (χ3n) is 3.46. The van der Waals surface area contributed by atoms with Crippen LogP contribution in [0.25, 0.3) is 0 Å². The van der Waals surface area contributed by atoms with Crippen LogP contribution in [0, 0.1) is 5.41 Å². The van der Waals surface area contributed by atoms with Crippen LogP contribution in [-0.4, -0.2) is 19.5 Å². The zero-order valence-corrected chi connectivity index (χ0v) is 11.7. The van der Waals surface area contributed by atoms with Crippen LogP contribution >= 0.6 is 0 Å². The maximum absolute atomic E-state index is 12.1. The normalized spacial score (nSPS) is 19.3. The Morgan fingerprint density at radius 3 is 2.67 bits per heavy atom. The molecular weight excluding hydrogens is 224 g/mol. The van der Waals surface area contributed by atoms with Gasteiger partial charge in [0.05, 0.1) is 6.04 Å². The lowest BCUT2D eigenvalue weighted by Crippen LogP contribution is -2.41. The fraction of sp³-hybridized carbons (Fsp3) is 0.533. The fourth-order valence-corrected chi connectivity index (χ4v) is 2.25. The number of fused-ring (bicyclic) bond motifs is 1. The molecule has 0 saturated heterocycles. The first-order valence-corrected chi connectivity index (χ1v) is 6.50. The second-order valence-corrected chi connectivity index (χ2v) is 6.05. The molecule has 0 aromatic heterocycles. The molecule has 0 aliphatic carbocycles. The second kappa shape index (κ2) is 4.63. The highest BCUT2D eigenvalue weighted by Gasteiger charge is 2.28. The molecule has 1 aliphatic heterocycles. The van der Waals surface area contributed by atoms with Gasteiger partial charge in [0.2, 0.25) is 5.91 Å². The molecule has 1 N–H and O–H groups in total. The van der Waals surface area contributed by atoms with Crippen LogP contribution in [0.3, 0.4) is 0 Å². The number of rotatable bonds is 1. The highest BCUT2D eigenvalue weighted by molar-refractivity contribution is 5.82. The SMILES string of the molecule is CN1CCC(NC(=O)C(C)(C)C)c2ccccc21. The highest BCUT2D eigenvalue weighted by atomic mass is 16.2. The van der Waals surface area contributed by atoms with Gasteiger partial charge in [-0.2, -0.15) is 0 Å². The molecule has 1 heterocycles. The van der Waals surface area contributed by atoms with E-state index >= 15 is 0 Å². The number of carbonyl (C=O) groups excluding carboxylic acids is 1. The Balaban J connectivity index is 2.22. The van der Waals surface area contributed by atoms with Crippen LogP contribution in [0.1, 0.15) is 38.8 Å². The average Bonchev–Trinajstić information content (AvgIpc) is 2.32. The summed E-state index contributed by atoms with van der Waals surface area (Å²) >= 11 is 0. The molecule has 18 heavy (non-hydrogen) atoms. The van der Waals surface area contributed by atoms with E-state index < -0.39 is 0 Å². The van der Waals surface area contributed by atoms with Crippen LogP contribution in [0.2, 0.25) is 0 Å². The number of nitrogens with zero attached hydrogens (tertiary/aromatic N) is 1. The van der Waals surface area contributed by atoms with Crippen LogP contribution in [0.15, 0.2) is 24.3 Å². The summed E-state index contributed by atoms with van der Waals surface area (Å²) in [4.78, 5) is 14.3. The summed E-state index contributed by atoms with van der Waals surface area (Å²) in [5.41, 5.74) is 2.12. The summed E-state index contributed by atoms with van der Waals surface area (Å²) in [5.74, 6) is 0.117. The predicted octanol–water partition coefficient (Wildman–Crippen LogP) is 2.73. The van der Waals surface area contributed by atoms with Crippen molar-refractivity contribution in [3.05, 3.63) is 29.8 Å². The number of hydrogen-bond donors (Lipinski definition) is 1. The summed E-state index contributed by atoms with van der Waals surface area (Å²) in [6.07, 6.45) is 0.968. The monoisotopic (exact) mass is 246 g/mol. The van der Waals surface area contributed by atoms with Gasteiger partial charge in [-0.05, 0) is 18.1 Å². The van der Waals surface area contributed by atoms with Crippen molar-refractivity contribution in [2.75, 3.05) is 18.5 Å². The molecule has 1 unspecified atom stereocenters. The Morgan fingerprint density at radius 1 is 1.33 bits per heavy atom. The highest BCUT2D eigenvalue weighted by Crippen LogP contribution is 2.33. The first kappa shape index (κ1) is 12.9. The van der Waals surface area contributed by atoms with Crippen LogP contribution in [0.5, 0.6) is 0 Å². The standard InChI is InChI=1S/C15H22N2O/c1-15(2,3)14(18)16-12-9-10-17(4)13-8-6-5-7-11(12)13/h5-8,12H,9-10H2,1-4H3,(H,16,18). The summed E-state index contributed by atoms with van der Waals surface area (Å²) in [6.45, 7) is 6.82. The lowest BCUT2D eigenvalue weighted by Gasteiger charge is -2.34. The number of nitrogens with one attached hydrogen (secondary N) is 1. The van der Waals surface area contributed by atoms with E-state index in [4.69, 9.17) is 0 Å². The summed E-state index contributed by atoms with van der Waals surface area (Å²) in [7, 11) is 2.10. The topological polar surface area (TPSA) is 32.3 Å². The van der Waals surface area contributed by atoms with Gasteiger partial charge >= 0.3 is 0 Å². The Labute approximate surface area is 109 Å². The number of hydrogen-bond acceptors (Lipinski definition) is 2. The summed E-state index contributed by atoms with van der Waals surface area (Å²) in [5, 5.41) is 3.17. The van der Waals surface area contributed by atoms with Crippen LogP contribution in [0.4, 0.5) is 5.69 Å². The van der Waals surface area contributed by atoms with E-state index in [0.717, 1.165) is 13.0 Å². The van der Waals surface area contributed by atoms with Gasteiger partial charge < -0.3 is 10.2 Å². The quantitative estimate of drug-likeness (QED) is 0.826. The maximum atomic E-state index is 12.1. The largest absolute Gasteiger partial charge is 0.374 e. The molecule has 1 atom stereocenters. The molecule has 0 spiro atoms. The number of benzene rings is 1. The minimum absolute atomic E-state index is 0.117. The minimum Gasteiger partial charge on any atom is -0.374 e. The Bertz CT molecular complexity index is 448. The first-order valence-electron chi connectivity index (χ1n) is 6.50. The van der Waals surface area contributed by atoms with Crippen molar-refractivity contribution in [1.29, 1.82) is 0 Å². The zero-order chi connectivity index (χ0) is 13.3. The second-order valence-electron chi connectivity index (χ2n) is 6.05. The molecule has 98 valence electrons. The van der Waals surface area contributed by atoms with Gasteiger partial charge in [-0.15, -0.1) is 0 Å². The van der Waals surface area contributed by atoms with E-state index in [1.165, 1.54) is 11.3 Å². The molecule has 1 amide bonds. The van der Waals surface area contributed by atoms with E-state index in [1.54, 1.807) is 0 Å². The molecule has 0 fully saturated rings. The van der Waals surface area contributed by atoms with E-state index in [-0.39, 0.29) is 17.4 Å². The molecule has 0 bridgehead atoms. The summed E-state index contributed by atoms with van der Waals surface area (Å²) < 4.78 is 0. The van der Waals surface area contributed by atoms with Crippen molar-refractivity contribution in [3.8, 4) is 0 Å². The van der Waals surface area contributed by atoms with Crippen molar-refractivity contribution in [2.24, 2.45) is 5.41 Å². The van der Waals surface area contributed by atoms with Gasteiger partial charge in [-0.25, -0.2) is 0 Å². The van der Waals surface area contributed by atoms with E-state index in [9.17, 15) is 4.79 Å². The van der Waals surface area contributed by atoms with Crippen molar-refractivity contribution < 1.29 is 4.79 Å². The van der Waals surface area contributed by atoms with Crippen LogP contribution in [-0.2, 0) is 4.79 Å². The molecule has 1 aromatic rings. The third-order valence-corrected chi connectivity index (χ3v) is 3.46. The number of para-hydroxylation sites is 1. The number of carbonyl (C=O) groups is 1. The van der Waals surface area contributed by atoms with Crippen molar-refractivity contribution in [2.45, 2.75) is 33.2 Å². The maximum Gasteiger partial charge on any atom is 0.225 e. The van der Waals surface area contributed by atoms with Crippen LogP contribution < -0.4 is 10.2 Å². The average molecular weight is 246 g/mol. The van der Waals surface area contributed by atoms with Crippen molar-refractivity contribution >= 4 is 11.6 Å². The molecule has 2 rings (SSSR count). The molecule has 3 heteroatoms. The van der Waals surface area contributed by atoms with Gasteiger partial charge in [-0.1, -0.05) is 39.0 Å². The van der Waals surface area contributed by atoms with E-state index in [1.807, 2.05) is 32.9 Å². The molecule has 1 aromatic carbocycles. The fourth-order valence-electron chi connectivity index (χ4n) is 2.25. The Kier molecular flexibility index (Phi) is 3.33. The summed E-state index contributed by atoms with van der Waals surface area (Å²) in [6, 6.07) is 8.45. The Morgan fingerprint density at radius 2 is 2.00 bits per heavy atom. The van der Waals surface area contributed by atoms with Gasteiger partial charge in [0, 0.05) is 24.7 Å². The molecule has 3 nitrogen and oxygen atoms in total. The zero-order valence-electron chi connectivity index (χ0n) is 11.7. The lowest BCUT2D eigenvalue weighted by molar-refractivity contribution is -0.129. The molecule has 1 aliphatic rings. The van der Waals surface area contributed by atoms with Crippen molar-refractivity contribution in [3.63, 3.8) is 0 Å². The van der Waals surface area contributed by atoms with Gasteiger partial charge in [0.25, 0.3) is 0 Å². The number of anilines is 1.